The Bertz CT molecular complexity index is 769. The molecule has 3 atom stereocenters. The Hall–Kier alpha value is -1.60. The third kappa shape index (κ3) is 7.00. The van der Waals surface area contributed by atoms with Crippen molar-refractivity contribution >= 4 is 21.6 Å². The molecule has 0 aromatic heterocycles. The highest BCUT2D eigenvalue weighted by atomic mass is 32.2. The van der Waals surface area contributed by atoms with Crippen molar-refractivity contribution in [3.63, 3.8) is 0 Å². The number of hydrogen-bond donors (Lipinski definition) is 2. The number of rotatable bonds is 9. The molecule has 1 aliphatic carbocycles. The van der Waals surface area contributed by atoms with E-state index in [0.717, 1.165) is 17.9 Å². The molecule has 0 aliphatic heterocycles. The van der Waals surface area contributed by atoms with E-state index < -0.39 is 14.8 Å². The van der Waals surface area contributed by atoms with E-state index in [4.69, 9.17) is 4.74 Å². The van der Waals surface area contributed by atoms with Gasteiger partial charge in [-0.15, -0.1) is 0 Å². The predicted molar refractivity (Wildman–Crippen MR) is 118 cm³/mol. The Labute approximate surface area is 175 Å². The summed E-state index contributed by atoms with van der Waals surface area (Å²) in [7, 11) is -3.33. The molecule has 1 fully saturated rings. The number of hydrogen-bond acceptors (Lipinski definition) is 4. The molecule has 29 heavy (non-hydrogen) atoms. The molecule has 1 aliphatic rings. The third-order valence-electron chi connectivity index (χ3n) is 5.74. The maximum Gasteiger partial charge on any atom is 0.224 e. The van der Waals surface area contributed by atoms with Crippen LogP contribution in [0, 0.1) is 11.8 Å². The molecule has 0 saturated heterocycles. The smallest absolute Gasteiger partial charge is 0.224 e. The number of carbonyl (C=O) groups excluding carboxylic acids is 1. The maximum atomic E-state index is 12.1. The van der Waals surface area contributed by atoms with Crippen molar-refractivity contribution in [2.45, 2.75) is 77.6 Å². The molecule has 0 bridgehead atoms. The lowest BCUT2D eigenvalue weighted by Crippen LogP contribution is -2.39. The van der Waals surface area contributed by atoms with E-state index >= 15 is 0 Å². The van der Waals surface area contributed by atoms with Gasteiger partial charge in [-0.1, -0.05) is 13.8 Å². The lowest BCUT2D eigenvalue weighted by Gasteiger charge is -2.20. The van der Waals surface area contributed by atoms with Gasteiger partial charge in [0.1, 0.15) is 11.9 Å². The molecule has 3 unspecified atom stereocenters. The SMILES string of the molecule is CC1CCC(Oc2ccc(NC(=O)CCCCNS(=O)(=O)C(C)(C)C)cc2)C1C. The van der Waals surface area contributed by atoms with E-state index in [1.165, 1.54) is 6.42 Å². The van der Waals surface area contributed by atoms with Crippen LogP contribution in [-0.2, 0) is 14.8 Å². The lowest BCUT2D eigenvalue weighted by molar-refractivity contribution is -0.116. The Balaban J connectivity index is 1.69. The second-order valence-electron chi connectivity index (χ2n) is 9.11. The average molecular weight is 425 g/mol. The maximum absolute atomic E-state index is 12.1. The number of unbranched alkanes of at least 4 members (excludes halogenated alkanes) is 1. The Morgan fingerprint density at radius 3 is 2.31 bits per heavy atom. The minimum absolute atomic E-state index is 0.0735. The van der Waals surface area contributed by atoms with Crippen LogP contribution >= 0.6 is 0 Å². The predicted octanol–water partition coefficient (Wildman–Crippen LogP) is 4.33. The number of benzene rings is 1. The molecule has 0 spiro atoms. The van der Waals surface area contributed by atoms with Crippen LogP contribution in [0.3, 0.4) is 0 Å². The summed E-state index contributed by atoms with van der Waals surface area (Å²) in [5.41, 5.74) is 0.739. The summed E-state index contributed by atoms with van der Waals surface area (Å²) in [6, 6.07) is 7.50. The molecular weight excluding hydrogens is 388 g/mol. The monoisotopic (exact) mass is 424 g/mol. The molecule has 1 saturated carbocycles. The van der Waals surface area contributed by atoms with Gasteiger partial charge in [0, 0.05) is 18.7 Å². The molecule has 1 aromatic rings. The summed E-state index contributed by atoms with van der Waals surface area (Å²) in [4.78, 5) is 12.1. The summed E-state index contributed by atoms with van der Waals surface area (Å²) >= 11 is 0. The molecule has 2 N–H and O–H groups in total. The quantitative estimate of drug-likeness (QED) is 0.578. The second-order valence-corrected chi connectivity index (χ2v) is 11.6. The van der Waals surface area contributed by atoms with Gasteiger partial charge in [0.2, 0.25) is 15.9 Å². The minimum atomic E-state index is -3.33. The molecule has 164 valence electrons. The fourth-order valence-corrected chi connectivity index (χ4v) is 4.18. The minimum Gasteiger partial charge on any atom is -0.490 e. The summed E-state index contributed by atoms with van der Waals surface area (Å²) in [6.45, 7) is 9.84. The van der Waals surface area contributed by atoms with Crippen molar-refractivity contribution in [3.8, 4) is 5.75 Å². The van der Waals surface area contributed by atoms with Crippen molar-refractivity contribution in [1.82, 2.24) is 4.72 Å². The molecule has 1 amide bonds. The fourth-order valence-electron chi connectivity index (χ4n) is 3.33. The molecule has 2 rings (SSSR count). The van der Waals surface area contributed by atoms with Crippen LogP contribution in [0.15, 0.2) is 24.3 Å². The number of ether oxygens (including phenoxy) is 1. The normalized spacial score (nSPS) is 22.4. The first-order valence-corrected chi connectivity index (χ1v) is 12.0. The van der Waals surface area contributed by atoms with E-state index in [1.807, 2.05) is 24.3 Å². The number of nitrogens with one attached hydrogen (secondary N) is 2. The Kier molecular flexibility index (Phi) is 8.11. The van der Waals surface area contributed by atoms with Crippen LogP contribution in [0.1, 0.15) is 66.7 Å². The van der Waals surface area contributed by atoms with E-state index in [-0.39, 0.29) is 12.0 Å². The zero-order valence-corrected chi connectivity index (χ0v) is 19.1. The summed E-state index contributed by atoms with van der Waals surface area (Å²) < 4.78 is 31.8. The zero-order valence-electron chi connectivity index (χ0n) is 18.3. The second kappa shape index (κ2) is 9.94. The van der Waals surface area contributed by atoms with Gasteiger partial charge in [0.05, 0.1) is 4.75 Å². The van der Waals surface area contributed by atoms with Crippen LogP contribution in [0.25, 0.3) is 0 Å². The summed E-state index contributed by atoms with van der Waals surface area (Å²) in [6.07, 6.45) is 4.16. The molecule has 1 aromatic carbocycles. The topological polar surface area (TPSA) is 84.5 Å². The molecule has 7 heteroatoms. The molecule has 0 radical (unpaired) electrons. The summed E-state index contributed by atoms with van der Waals surface area (Å²) in [5, 5.41) is 2.88. The van der Waals surface area contributed by atoms with Crippen molar-refractivity contribution in [2.24, 2.45) is 11.8 Å². The Morgan fingerprint density at radius 1 is 1.10 bits per heavy atom. The van der Waals surface area contributed by atoms with Gasteiger partial charge in [-0.25, -0.2) is 13.1 Å². The van der Waals surface area contributed by atoms with E-state index in [2.05, 4.69) is 23.9 Å². The average Bonchev–Trinajstić information content (AvgIpc) is 2.94. The van der Waals surface area contributed by atoms with Gasteiger partial charge in [0.15, 0.2) is 0 Å². The van der Waals surface area contributed by atoms with Gasteiger partial charge in [-0.05, 0) is 82.6 Å². The van der Waals surface area contributed by atoms with Gasteiger partial charge in [-0.2, -0.15) is 0 Å². The standard InChI is InChI=1S/C22H36N2O4S/c1-16-9-14-20(17(16)2)28-19-12-10-18(11-13-19)24-21(25)8-6-7-15-23-29(26,27)22(3,4)5/h10-13,16-17,20,23H,6-9,14-15H2,1-5H3,(H,24,25). The van der Waals surface area contributed by atoms with Crippen molar-refractivity contribution in [3.05, 3.63) is 24.3 Å². The van der Waals surface area contributed by atoms with Crippen molar-refractivity contribution < 1.29 is 17.9 Å². The van der Waals surface area contributed by atoms with Crippen LogP contribution in [0.5, 0.6) is 5.75 Å². The van der Waals surface area contributed by atoms with Crippen LogP contribution < -0.4 is 14.8 Å². The highest BCUT2D eigenvalue weighted by Gasteiger charge is 2.31. The molecular formula is C22H36N2O4S. The number of carbonyl (C=O) groups is 1. The Morgan fingerprint density at radius 2 is 1.76 bits per heavy atom. The first-order valence-electron chi connectivity index (χ1n) is 10.6. The largest absolute Gasteiger partial charge is 0.490 e. The van der Waals surface area contributed by atoms with Gasteiger partial charge < -0.3 is 10.1 Å². The van der Waals surface area contributed by atoms with Crippen molar-refractivity contribution in [2.75, 3.05) is 11.9 Å². The van der Waals surface area contributed by atoms with Crippen LogP contribution in [-0.4, -0.2) is 31.7 Å². The van der Waals surface area contributed by atoms with Gasteiger partial charge in [0.25, 0.3) is 0 Å². The highest BCUT2D eigenvalue weighted by molar-refractivity contribution is 7.90. The first-order chi connectivity index (χ1) is 13.5. The third-order valence-corrected chi connectivity index (χ3v) is 7.94. The number of amides is 1. The fraction of sp³-hybridized carbons (Fsp3) is 0.682. The van der Waals surface area contributed by atoms with E-state index in [1.54, 1.807) is 20.8 Å². The molecule has 6 nitrogen and oxygen atoms in total. The van der Waals surface area contributed by atoms with E-state index in [9.17, 15) is 13.2 Å². The van der Waals surface area contributed by atoms with Crippen LogP contribution in [0.2, 0.25) is 0 Å². The van der Waals surface area contributed by atoms with E-state index in [0.29, 0.717) is 37.6 Å². The summed E-state index contributed by atoms with van der Waals surface area (Å²) in [5.74, 6) is 2.01. The molecule has 0 heterocycles. The highest BCUT2D eigenvalue weighted by Crippen LogP contribution is 2.34. The van der Waals surface area contributed by atoms with Crippen LogP contribution in [0.4, 0.5) is 5.69 Å². The van der Waals surface area contributed by atoms with Crippen molar-refractivity contribution in [1.29, 1.82) is 0 Å². The van der Waals surface area contributed by atoms with Gasteiger partial charge >= 0.3 is 0 Å². The lowest BCUT2D eigenvalue weighted by atomic mass is 9.99. The first kappa shape index (κ1) is 23.7. The van der Waals surface area contributed by atoms with Gasteiger partial charge in [-0.3, -0.25) is 4.79 Å². The number of sulfonamides is 1. The number of anilines is 1. The zero-order chi connectivity index (χ0) is 21.7.